The molecule has 24 heavy (non-hydrogen) atoms. The van der Waals surface area contributed by atoms with Crippen molar-refractivity contribution < 1.29 is 9.53 Å². The van der Waals surface area contributed by atoms with Crippen molar-refractivity contribution in [3.8, 4) is 11.3 Å². The summed E-state index contributed by atoms with van der Waals surface area (Å²) in [6.07, 6.45) is 5.58. The van der Waals surface area contributed by atoms with Crippen molar-refractivity contribution in [1.29, 1.82) is 0 Å². The molecular formula is C17H23N5O2. The van der Waals surface area contributed by atoms with Crippen LogP contribution in [0.2, 0.25) is 0 Å². The third-order valence-corrected chi connectivity index (χ3v) is 4.18. The topological polar surface area (TPSA) is 105 Å². The van der Waals surface area contributed by atoms with Gasteiger partial charge in [0.2, 0.25) is 0 Å². The number of aromatic nitrogens is 2. The maximum absolute atomic E-state index is 11.4. The average Bonchev–Trinajstić information content (AvgIpc) is 3.07. The molecule has 0 fully saturated rings. The minimum atomic E-state index is -0.490. The smallest absolute Gasteiger partial charge is 0.411 e. The highest BCUT2D eigenvalue weighted by molar-refractivity contribution is 5.87. The molecule has 0 radical (unpaired) electrons. The van der Waals surface area contributed by atoms with Crippen LogP contribution in [0.1, 0.15) is 37.5 Å². The second-order valence-corrected chi connectivity index (χ2v) is 5.93. The molecule has 128 valence electrons. The standard InChI is InChI=1S/C17H23N5O2/c1-24-17(23)21-11-6-7-12-14(9-11)19-8-4-2-3-5-13(18)16-20-10-15(12)22-16/h6-7,9-10,13,19H,2-5,8,18H2,1H3,(H,20,22)(H,21,23). The first-order valence-corrected chi connectivity index (χ1v) is 8.21. The van der Waals surface area contributed by atoms with Gasteiger partial charge in [0.05, 0.1) is 18.8 Å². The first-order chi connectivity index (χ1) is 11.7. The van der Waals surface area contributed by atoms with E-state index >= 15 is 0 Å². The summed E-state index contributed by atoms with van der Waals surface area (Å²) in [5.41, 5.74) is 9.62. The zero-order valence-corrected chi connectivity index (χ0v) is 13.8. The molecule has 1 aliphatic rings. The number of amides is 1. The molecule has 3 rings (SSSR count). The minimum Gasteiger partial charge on any atom is -0.453 e. The van der Waals surface area contributed by atoms with Crippen LogP contribution >= 0.6 is 0 Å². The molecule has 0 saturated carbocycles. The largest absolute Gasteiger partial charge is 0.453 e. The molecule has 1 aliphatic heterocycles. The number of fused-ring (bicyclic) bond motifs is 4. The van der Waals surface area contributed by atoms with Crippen LogP contribution in [0.15, 0.2) is 24.4 Å². The van der Waals surface area contributed by atoms with Crippen LogP contribution in [0.3, 0.4) is 0 Å². The monoisotopic (exact) mass is 329 g/mol. The summed E-state index contributed by atoms with van der Waals surface area (Å²) in [5, 5.41) is 6.13. The SMILES string of the molecule is COC(=O)Nc1ccc2c(c1)NCCCCCC(N)c1nc-2c[nH]1. The van der Waals surface area contributed by atoms with Crippen molar-refractivity contribution in [3.05, 3.63) is 30.2 Å². The lowest BCUT2D eigenvalue weighted by Gasteiger charge is -2.15. The van der Waals surface area contributed by atoms with Crippen molar-refractivity contribution >= 4 is 17.5 Å². The normalized spacial score (nSPS) is 17.7. The number of ether oxygens (including phenoxy) is 1. The highest BCUT2D eigenvalue weighted by Crippen LogP contribution is 2.31. The molecule has 7 heteroatoms. The lowest BCUT2D eigenvalue weighted by atomic mass is 10.1. The minimum absolute atomic E-state index is 0.0603. The number of imidazole rings is 1. The Balaban J connectivity index is 1.95. The number of H-pyrrole nitrogens is 1. The van der Waals surface area contributed by atoms with Gasteiger partial charge in [0.25, 0.3) is 0 Å². The van der Waals surface area contributed by atoms with Crippen LogP contribution in [0, 0.1) is 0 Å². The molecule has 2 aromatic rings. The lowest BCUT2D eigenvalue weighted by Crippen LogP contribution is -2.13. The molecule has 0 spiro atoms. The van der Waals surface area contributed by atoms with Gasteiger partial charge in [-0.15, -0.1) is 0 Å². The molecular weight excluding hydrogens is 306 g/mol. The summed E-state index contributed by atoms with van der Waals surface area (Å²) in [6, 6.07) is 5.60. The van der Waals surface area contributed by atoms with Crippen LogP contribution in [-0.2, 0) is 4.74 Å². The Kier molecular flexibility index (Phi) is 5.00. The zero-order chi connectivity index (χ0) is 16.9. The van der Waals surface area contributed by atoms with E-state index in [0.29, 0.717) is 5.69 Å². The van der Waals surface area contributed by atoms with E-state index in [1.807, 2.05) is 24.4 Å². The molecule has 2 heterocycles. The maximum Gasteiger partial charge on any atom is 0.411 e. The predicted molar refractivity (Wildman–Crippen MR) is 93.9 cm³/mol. The summed E-state index contributed by atoms with van der Waals surface area (Å²) in [4.78, 5) is 19.2. The highest BCUT2D eigenvalue weighted by atomic mass is 16.5. The molecule has 1 unspecified atom stereocenters. The predicted octanol–water partition coefficient (Wildman–Crippen LogP) is 3.24. The molecule has 1 atom stereocenters. The van der Waals surface area contributed by atoms with Gasteiger partial charge in [-0.05, 0) is 31.0 Å². The Morgan fingerprint density at radius 2 is 2.25 bits per heavy atom. The van der Waals surface area contributed by atoms with E-state index in [2.05, 4.69) is 25.3 Å². The Bertz CT molecular complexity index is 713. The number of anilines is 2. The molecule has 7 nitrogen and oxygen atoms in total. The number of hydrogen-bond donors (Lipinski definition) is 4. The van der Waals surface area contributed by atoms with Gasteiger partial charge in [-0.25, -0.2) is 9.78 Å². The molecule has 1 amide bonds. The Morgan fingerprint density at radius 1 is 1.38 bits per heavy atom. The molecule has 2 bridgehead atoms. The van der Waals surface area contributed by atoms with Gasteiger partial charge >= 0.3 is 6.09 Å². The zero-order valence-electron chi connectivity index (χ0n) is 13.8. The van der Waals surface area contributed by atoms with Crippen LogP contribution in [0.25, 0.3) is 11.3 Å². The van der Waals surface area contributed by atoms with E-state index in [1.54, 1.807) is 0 Å². The number of carbonyl (C=O) groups is 1. The van der Waals surface area contributed by atoms with Crippen LogP contribution in [0.5, 0.6) is 0 Å². The second-order valence-electron chi connectivity index (χ2n) is 5.93. The number of rotatable bonds is 1. The number of nitrogens with zero attached hydrogens (tertiary/aromatic N) is 1. The summed E-state index contributed by atoms with van der Waals surface area (Å²) >= 11 is 0. The number of nitrogens with two attached hydrogens (primary N) is 1. The number of benzene rings is 1. The quantitative estimate of drug-likeness (QED) is 0.643. The van der Waals surface area contributed by atoms with E-state index in [1.165, 1.54) is 7.11 Å². The third-order valence-electron chi connectivity index (χ3n) is 4.18. The van der Waals surface area contributed by atoms with Gasteiger partial charge < -0.3 is 20.8 Å². The van der Waals surface area contributed by atoms with Crippen molar-refractivity contribution in [2.24, 2.45) is 5.73 Å². The van der Waals surface area contributed by atoms with E-state index in [9.17, 15) is 4.79 Å². The number of aromatic amines is 1. The Hall–Kier alpha value is -2.54. The second kappa shape index (κ2) is 7.35. The highest BCUT2D eigenvalue weighted by Gasteiger charge is 2.15. The van der Waals surface area contributed by atoms with Crippen LogP contribution in [-0.4, -0.2) is 29.7 Å². The van der Waals surface area contributed by atoms with Gasteiger partial charge in [0.1, 0.15) is 5.82 Å². The van der Waals surface area contributed by atoms with Gasteiger partial charge in [-0.2, -0.15) is 0 Å². The number of hydrogen-bond acceptors (Lipinski definition) is 5. The van der Waals surface area contributed by atoms with Gasteiger partial charge in [0, 0.05) is 29.7 Å². The summed E-state index contributed by atoms with van der Waals surface area (Å²) in [5.74, 6) is 0.813. The Morgan fingerprint density at radius 3 is 3.08 bits per heavy atom. The van der Waals surface area contributed by atoms with Crippen molar-refractivity contribution in [2.75, 3.05) is 24.3 Å². The van der Waals surface area contributed by atoms with Crippen molar-refractivity contribution in [2.45, 2.75) is 31.7 Å². The van der Waals surface area contributed by atoms with Gasteiger partial charge in [-0.3, -0.25) is 5.32 Å². The number of methoxy groups -OCH3 is 1. The molecule has 0 aliphatic carbocycles. The van der Waals surface area contributed by atoms with E-state index in [-0.39, 0.29) is 6.04 Å². The fraction of sp³-hybridized carbons (Fsp3) is 0.412. The first kappa shape index (κ1) is 16.3. The molecule has 0 saturated heterocycles. The number of carbonyl (C=O) groups excluding carboxylic acids is 1. The molecule has 1 aromatic carbocycles. The third kappa shape index (κ3) is 3.68. The van der Waals surface area contributed by atoms with E-state index < -0.39 is 6.09 Å². The van der Waals surface area contributed by atoms with Gasteiger partial charge in [-0.1, -0.05) is 12.8 Å². The Labute approximate surface area is 141 Å². The summed E-state index contributed by atoms with van der Waals surface area (Å²) in [6.45, 7) is 0.862. The molecule has 5 N–H and O–H groups in total. The summed E-state index contributed by atoms with van der Waals surface area (Å²) < 4.78 is 4.64. The summed E-state index contributed by atoms with van der Waals surface area (Å²) in [7, 11) is 1.34. The fourth-order valence-corrected chi connectivity index (χ4v) is 2.85. The number of nitrogens with one attached hydrogen (secondary N) is 3. The lowest BCUT2D eigenvalue weighted by molar-refractivity contribution is 0.187. The van der Waals surface area contributed by atoms with Crippen molar-refractivity contribution in [1.82, 2.24) is 9.97 Å². The first-order valence-electron chi connectivity index (χ1n) is 8.21. The van der Waals surface area contributed by atoms with Crippen LogP contribution in [0.4, 0.5) is 16.2 Å². The average molecular weight is 329 g/mol. The van der Waals surface area contributed by atoms with Gasteiger partial charge in [0.15, 0.2) is 0 Å². The van der Waals surface area contributed by atoms with E-state index in [4.69, 9.17) is 5.73 Å². The molecule has 1 aromatic heterocycles. The maximum atomic E-state index is 11.4. The van der Waals surface area contributed by atoms with E-state index in [0.717, 1.165) is 55.0 Å². The fourth-order valence-electron chi connectivity index (χ4n) is 2.85. The van der Waals surface area contributed by atoms with Crippen LogP contribution < -0.4 is 16.4 Å². The van der Waals surface area contributed by atoms with Crippen molar-refractivity contribution in [3.63, 3.8) is 0 Å².